The maximum atomic E-state index is 5.87. The highest BCUT2D eigenvalue weighted by Crippen LogP contribution is 2.25. The van der Waals surface area contributed by atoms with E-state index in [0.29, 0.717) is 5.25 Å². The molecule has 0 heterocycles. The second kappa shape index (κ2) is 6.67. The lowest BCUT2D eigenvalue weighted by Crippen LogP contribution is -2.31. The standard InChI is InChI=1S/C14H20ClNS/c1-11(10-16-13-4-2-3-5-13)17-14-8-6-12(15)7-9-14/h6-9,11,13,16H,2-5,10H2,1H3. The summed E-state index contributed by atoms with van der Waals surface area (Å²) in [6.45, 7) is 3.37. The van der Waals surface area contributed by atoms with Crippen LogP contribution in [0.3, 0.4) is 0 Å². The zero-order valence-corrected chi connectivity index (χ0v) is 11.9. The Hall–Kier alpha value is -0.180. The van der Waals surface area contributed by atoms with E-state index in [1.165, 1.54) is 30.6 Å². The van der Waals surface area contributed by atoms with Crippen LogP contribution in [0.4, 0.5) is 0 Å². The fourth-order valence-corrected chi connectivity index (χ4v) is 3.31. The van der Waals surface area contributed by atoms with Gasteiger partial charge in [0.05, 0.1) is 0 Å². The van der Waals surface area contributed by atoms with Gasteiger partial charge in [0, 0.05) is 27.8 Å². The van der Waals surface area contributed by atoms with Crippen molar-refractivity contribution in [2.24, 2.45) is 0 Å². The van der Waals surface area contributed by atoms with E-state index >= 15 is 0 Å². The van der Waals surface area contributed by atoms with E-state index in [4.69, 9.17) is 11.6 Å². The molecule has 0 saturated heterocycles. The number of benzene rings is 1. The third-order valence-corrected chi connectivity index (χ3v) is 4.57. The molecule has 0 bridgehead atoms. The van der Waals surface area contributed by atoms with Crippen molar-refractivity contribution >= 4 is 23.4 Å². The van der Waals surface area contributed by atoms with Crippen molar-refractivity contribution in [2.75, 3.05) is 6.54 Å². The number of halogens is 1. The SMILES string of the molecule is CC(CNC1CCCC1)Sc1ccc(Cl)cc1. The van der Waals surface area contributed by atoms with Gasteiger partial charge in [-0.1, -0.05) is 31.4 Å². The molecule has 1 nitrogen and oxygen atoms in total. The Labute approximate surface area is 113 Å². The summed E-state index contributed by atoms with van der Waals surface area (Å²) in [5, 5.41) is 5.09. The predicted molar refractivity (Wildman–Crippen MR) is 77.0 cm³/mol. The number of hydrogen-bond acceptors (Lipinski definition) is 2. The summed E-state index contributed by atoms with van der Waals surface area (Å²) < 4.78 is 0. The molecule has 17 heavy (non-hydrogen) atoms. The summed E-state index contributed by atoms with van der Waals surface area (Å²) in [5.74, 6) is 0. The molecule has 0 amide bonds. The highest BCUT2D eigenvalue weighted by molar-refractivity contribution is 8.00. The van der Waals surface area contributed by atoms with E-state index in [9.17, 15) is 0 Å². The predicted octanol–water partition coefficient (Wildman–Crippen LogP) is 4.35. The molecule has 1 aromatic rings. The van der Waals surface area contributed by atoms with Crippen molar-refractivity contribution in [2.45, 2.75) is 48.8 Å². The van der Waals surface area contributed by atoms with Crippen LogP contribution in [-0.2, 0) is 0 Å². The zero-order valence-electron chi connectivity index (χ0n) is 10.3. The zero-order chi connectivity index (χ0) is 12.1. The Kier molecular flexibility index (Phi) is 5.20. The van der Waals surface area contributed by atoms with Gasteiger partial charge in [0.25, 0.3) is 0 Å². The molecule has 0 spiro atoms. The van der Waals surface area contributed by atoms with Crippen LogP contribution in [0.1, 0.15) is 32.6 Å². The largest absolute Gasteiger partial charge is 0.313 e. The molecule has 1 unspecified atom stereocenters. The van der Waals surface area contributed by atoms with Gasteiger partial charge in [-0.25, -0.2) is 0 Å². The molecule has 1 aliphatic carbocycles. The summed E-state index contributed by atoms with van der Waals surface area (Å²) in [7, 11) is 0. The molecular weight excluding hydrogens is 250 g/mol. The Bertz CT molecular complexity index is 333. The van der Waals surface area contributed by atoms with Crippen LogP contribution in [0.25, 0.3) is 0 Å². The normalized spacial score (nSPS) is 18.5. The third kappa shape index (κ3) is 4.53. The Balaban J connectivity index is 1.72. The lowest BCUT2D eigenvalue weighted by atomic mass is 10.2. The van der Waals surface area contributed by atoms with E-state index < -0.39 is 0 Å². The van der Waals surface area contributed by atoms with E-state index in [1.807, 2.05) is 23.9 Å². The minimum Gasteiger partial charge on any atom is -0.313 e. The number of thioether (sulfide) groups is 1. The van der Waals surface area contributed by atoms with Gasteiger partial charge in [0.15, 0.2) is 0 Å². The van der Waals surface area contributed by atoms with Crippen molar-refractivity contribution in [3.05, 3.63) is 29.3 Å². The van der Waals surface area contributed by atoms with E-state index in [-0.39, 0.29) is 0 Å². The third-order valence-electron chi connectivity index (χ3n) is 3.20. The molecule has 2 rings (SSSR count). The topological polar surface area (TPSA) is 12.0 Å². The smallest absolute Gasteiger partial charge is 0.0406 e. The first-order valence-corrected chi connectivity index (χ1v) is 7.65. The minimum atomic E-state index is 0.608. The average molecular weight is 270 g/mol. The van der Waals surface area contributed by atoms with Gasteiger partial charge in [-0.15, -0.1) is 11.8 Å². The molecule has 0 radical (unpaired) electrons. The monoisotopic (exact) mass is 269 g/mol. The van der Waals surface area contributed by atoms with Gasteiger partial charge in [-0.3, -0.25) is 0 Å². The van der Waals surface area contributed by atoms with Crippen molar-refractivity contribution in [3.63, 3.8) is 0 Å². The fraction of sp³-hybridized carbons (Fsp3) is 0.571. The molecule has 0 aromatic heterocycles. The lowest BCUT2D eigenvalue weighted by Gasteiger charge is -2.16. The first kappa shape index (κ1) is 13.3. The summed E-state index contributed by atoms with van der Waals surface area (Å²) in [4.78, 5) is 1.30. The summed E-state index contributed by atoms with van der Waals surface area (Å²) in [6, 6.07) is 8.88. The van der Waals surface area contributed by atoms with Crippen molar-refractivity contribution in [1.29, 1.82) is 0 Å². The van der Waals surface area contributed by atoms with Crippen molar-refractivity contribution in [1.82, 2.24) is 5.32 Å². The quantitative estimate of drug-likeness (QED) is 0.798. The van der Waals surface area contributed by atoms with Crippen LogP contribution in [-0.4, -0.2) is 17.8 Å². The molecule has 1 aromatic carbocycles. The minimum absolute atomic E-state index is 0.608. The molecule has 1 fully saturated rings. The van der Waals surface area contributed by atoms with Crippen molar-refractivity contribution < 1.29 is 0 Å². The lowest BCUT2D eigenvalue weighted by molar-refractivity contribution is 0.527. The van der Waals surface area contributed by atoms with Gasteiger partial charge in [0.1, 0.15) is 0 Å². The second-order valence-corrected chi connectivity index (χ2v) is 6.72. The highest BCUT2D eigenvalue weighted by atomic mass is 35.5. The van der Waals surface area contributed by atoms with Crippen LogP contribution >= 0.6 is 23.4 Å². The molecule has 1 N–H and O–H groups in total. The van der Waals surface area contributed by atoms with Crippen LogP contribution in [0.2, 0.25) is 5.02 Å². The van der Waals surface area contributed by atoms with Crippen LogP contribution in [0, 0.1) is 0 Å². The molecular formula is C14H20ClNS. The first-order chi connectivity index (χ1) is 8.24. The summed E-state index contributed by atoms with van der Waals surface area (Å²) in [6.07, 6.45) is 5.52. The van der Waals surface area contributed by atoms with Gasteiger partial charge >= 0.3 is 0 Å². The van der Waals surface area contributed by atoms with Gasteiger partial charge < -0.3 is 5.32 Å². The van der Waals surface area contributed by atoms with Gasteiger partial charge in [-0.05, 0) is 37.1 Å². The fourth-order valence-electron chi connectivity index (χ4n) is 2.25. The molecule has 3 heteroatoms. The Morgan fingerprint density at radius 1 is 1.29 bits per heavy atom. The molecule has 94 valence electrons. The van der Waals surface area contributed by atoms with Crippen LogP contribution in [0.5, 0.6) is 0 Å². The van der Waals surface area contributed by atoms with E-state index in [2.05, 4.69) is 24.4 Å². The number of nitrogens with one attached hydrogen (secondary N) is 1. The maximum absolute atomic E-state index is 5.87. The molecule has 1 aliphatic rings. The van der Waals surface area contributed by atoms with Crippen LogP contribution < -0.4 is 5.32 Å². The first-order valence-electron chi connectivity index (χ1n) is 6.39. The summed E-state index contributed by atoms with van der Waals surface area (Å²) >= 11 is 7.79. The molecule has 0 aliphatic heterocycles. The number of hydrogen-bond donors (Lipinski definition) is 1. The van der Waals surface area contributed by atoms with E-state index in [0.717, 1.165) is 17.6 Å². The maximum Gasteiger partial charge on any atom is 0.0406 e. The van der Waals surface area contributed by atoms with Crippen molar-refractivity contribution in [3.8, 4) is 0 Å². The Morgan fingerprint density at radius 3 is 2.59 bits per heavy atom. The Morgan fingerprint density at radius 2 is 1.94 bits per heavy atom. The van der Waals surface area contributed by atoms with Crippen LogP contribution in [0.15, 0.2) is 29.2 Å². The van der Waals surface area contributed by atoms with Gasteiger partial charge in [0.2, 0.25) is 0 Å². The second-order valence-electron chi connectivity index (χ2n) is 4.77. The average Bonchev–Trinajstić information content (AvgIpc) is 2.83. The highest BCUT2D eigenvalue weighted by Gasteiger charge is 2.15. The molecule has 1 saturated carbocycles. The number of rotatable bonds is 5. The molecule has 1 atom stereocenters. The van der Waals surface area contributed by atoms with E-state index in [1.54, 1.807) is 0 Å². The van der Waals surface area contributed by atoms with Gasteiger partial charge in [-0.2, -0.15) is 0 Å². The summed E-state index contributed by atoms with van der Waals surface area (Å²) in [5.41, 5.74) is 0.